The lowest BCUT2D eigenvalue weighted by molar-refractivity contribution is 0.263. The first kappa shape index (κ1) is 18.3. The molecule has 0 unspecified atom stereocenters. The summed E-state index contributed by atoms with van der Waals surface area (Å²) in [6.45, 7) is 2.06. The highest BCUT2D eigenvalue weighted by atomic mass is 32.2. The maximum absolute atomic E-state index is 14.0. The highest BCUT2D eigenvalue weighted by molar-refractivity contribution is 7.92. The van der Waals surface area contributed by atoms with Crippen molar-refractivity contribution in [3.05, 3.63) is 59.2 Å². The van der Waals surface area contributed by atoms with Crippen molar-refractivity contribution < 1.29 is 30.7 Å². The molecule has 0 aliphatic carbocycles. The molecule has 0 fully saturated rings. The Bertz CT molecular complexity index is 850. The minimum Gasteiger partial charge on any atom is -0.484 e. The quantitative estimate of drug-likeness (QED) is 0.349. The van der Waals surface area contributed by atoms with Crippen molar-refractivity contribution in [2.75, 3.05) is 0 Å². The fourth-order valence-corrected chi connectivity index (χ4v) is 3.16. The zero-order valence-electron chi connectivity index (χ0n) is 12.8. The van der Waals surface area contributed by atoms with Crippen LogP contribution in [0.1, 0.15) is 19.4 Å². The molecule has 8 heteroatoms. The molecular weight excluding hydrogens is 348 g/mol. The van der Waals surface area contributed by atoms with Gasteiger partial charge >= 0.3 is 0 Å². The molecule has 0 aliphatic heterocycles. The lowest BCUT2D eigenvalue weighted by atomic mass is 10.2. The van der Waals surface area contributed by atoms with Crippen LogP contribution in [0.4, 0.5) is 17.6 Å². The zero-order chi connectivity index (χ0) is 18.1. The van der Waals surface area contributed by atoms with E-state index in [9.17, 15) is 26.0 Å². The van der Waals surface area contributed by atoms with Gasteiger partial charge in [0.2, 0.25) is 11.6 Å². The molecule has 2 aromatic carbocycles. The Balaban J connectivity index is 2.61. The van der Waals surface area contributed by atoms with Gasteiger partial charge in [-0.2, -0.15) is 4.39 Å². The second-order valence-electron chi connectivity index (χ2n) is 5.28. The van der Waals surface area contributed by atoms with E-state index in [0.29, 0.717) is 5.56 Å². The van der Waals surface area contributed by atoms with Crippen molar-refractivity contribution in [1.82, 2.24) is 0 Å². The summed E-state index contributed by atoms with van der Waals surface area (Å²) in [4.78, 5) is -1.31. The first-order valence-corrected chi connectivity index (χ1v) is 8.49. The third-order valence-corrected chi connectivity index (χ3v) is 5.49. The van der Waals surface area contributed by atoms with Crippen LogP contribution in [-0.2, 0) is 16.4 Å². The topological polar surface area (TPSA) is 43.4 Å². The van der Waals surface area contributed by atoms with E-state index in [1.165, 1.54) is 13.8 Å². The van der Waals surface area contributed by atoms with Crippen molar-refractivity contribution in [1.29, 1.82) is 0 Å². The minimum atomic E-state index is -4.45. The van der Waals surface area contributed by atoms with Crippen LogP contribution in [0.15, 0.2) is 35.2 Å². The molecule has 2 aromatic rings. The Morgan fingerprint density at radius 2 is 1.46 bits per heavy atom. The molecule has 0 atom stereocenters. The smallest absolute Gasteiger partial charge is 0.205 e. The van der Waals surface area contributed by atoms with Gasteiger partial charge < -0.3 is 4.74 Å². The van der Waals surface area contributed by atoms with Crippen LogP contribution >= 0.6 is 0 Å². The molecule has 130 valence electrons. The van der Waals surface area contributed by atoms with Gasteiger partial charge in [0.1, 0.15) is 6.61 Å². The van der Waals surface area contributed by atoms with Crippen LogP contribution in [0.2, 0.25) is 0 Å². The van der Waals surface area contributed by atoms with Crippen molar-refractivity contribution in [3.8, 4) is 5.75 Å². The molecule has 0 aromatic heterocycles. The van der Waals surface area contributed by atoms with E-state index in [0.717, 1.165) is 0 Å². The molecule has 0 saturated carbocycles. The van der Waals surface area contributed by atoms with E-state index in [-0.39, 0.29) is 6.61 Å². The maximum atomic E-state index is 14.0. The van der Waals surface area contributed by atoms with E-state index in [1.807, 2.05) is 0 Å². The number of hydrogen-bond acceptors (Lipinski definition) is 3. The fourth-order valence-electron chi connectivity index (χ4n) is 1.94. The minimum absolute atomic E-state index is 0.344. The Morgan fingerprint density at radius 1 is 0.917 bits per heavy atom. The maximum Gasteiger partial charge on any atom is 0.205 e. The second-order valence-corrected chi connectivity index (χ2v) is 7.72. The van der Waals surface area contributed by atoms with Crippen molar-refractivity contribution in [2.45, 2.75) is 30.6 Å². The van der Waals surface area contributed by atoms with Gasteiger partial charge in [-0.05, 0) is 19.4 Å². The summed E-state index contributed by atoms with van der Waals surface area (Å²) in [6, 6.07) is 8.17. The van der Waals surface area contributed by atoms with Crippen molar-refractivity contribution >= 4 is 9.84 Å². The number of sulfone groups is 1. The van der Waals surface area contributed by atoms with E-state index >= 15 is 0 Å². The predicted molar refractivity (Wildman–Crippen MR) is 79.4 cm³/mol. The van der Waals surface area contributed by atoms with Crippen molar-refractivity contribution in [3.63, 3.8) is 0 Å². The van der Waals surface area contributed by atoms with E-state index in [2.05, 4.69) is 0 Å². The summed E-state index contributed by atoms with van der Waals surface area (Å²) in [5.74, 6) is -9.37. The van der Waals surface area contributed by atoms with Gasteiger partial charge in [0.25, 0.3) is 0 Å². The summed E-state index contributed by atoms with van der Waals surface area (Å²) in [6.07, 6.45) is 0. The van der Waals surface area contributed by atoms with E-state index in [1.54, 1.807) is 30.3 Å². The van der Waals surface area contributed by atoms with Crippen LogP contribution in [0, 0.1) is 23.3 Å². The number of hydrogen-bond donors (Lipinski definition) is 0. The third kappa shape index (κ3) is 3.24. The number of benzene rings is 2. The summed E-state index contributed by atoms with van der Waals surface area (Å²) in [5, 5.41) is -1.18. The molecule has 3 nitrogen and oxygen atoms in total. The number of halogens is 4. The molecule has 0 spiro atoms. The highest BCUT2D eigenvalue weighted by Crippen LogP contribution is 2.36. The molecule has 0 amide bonds. The second kappa shape index (κ2) is 6.80. The summed E-state index contributed by atoms with van der Waals surface area (Å²) < 4.78 is 84.5. The first-order valence-electron chi connectivity index (χ1n) is 6.94. The Kier molecular flexibility index (Phi) is 5.17. The molecule has 0 aliphatic rings. The monoisotopic (exact) mass is 362 g/mol. The number of ether oxygens (including phenoxy) is 1. The Labute approximate surface area is 136 Å². The lowest BCUT2D eigenvalue weighted by Gasteiger charge is -2.16. The normalized spacial score (nSPS) is 11.8. The molecular formula is C16H14F4O3S. The SMILES string of the molecule is CC(C)S(=O)(=O)c1c(F)c(F)c(F)c(F)c1OCc1ccccc1. The summed E-state index contributed by atoms with van der Waals surface area (Å²) >= 11 is 0. The average Bonchev–Trinajstić information content (AvgIpc) is 2.55. The summed E-state index contributed by atoms with van der Waals surface area (Å²) in [7, 11) is -4.45. The van der Waals surface area contributed by atoms with Crippen molar-refractivity contribution in [2.24, 2.45) is 0 Å². The van der Waals surface area contributed by atoms with Gasteiger partial charge in [-0.1, -0.05) is 30.3 Å². The lowest BCUT2D eigenvalue weighted by Crippen LogP contribution is -2.19. The van der Waals surface area contributed by atoms with Crippen LogP contribution in [-0.4, -0.2) is 13.7 Å². The van der Waals surface area contributed by atoms with Gasteiger partial charge in [0.15, 0.2) is 32.1 Å². The fraction of sp³-hybridized carbons (Fsp3) is 0.250. The van der Waals surface area contributed by atoms with Crippen LogP contribution in [0.5, 0.6) is 5.75 Å². The van der Waals surface area contributed by atoms with Gasteiger partial charge in [-0.3, -0.25) is 0 Å². The van der Waals surface area contributed by atoms with Crippen LogP contribution in [0.25, 0.3) is 0 Å². The first-order chi connectivity index (χ1) is 11.2. The van der Waals surface area contributed by atoms with Crippen LogP contribution in [0.3, 0.4) is 0 Å². The summed E-state index contributed by atoms with van der Waals surface area (Å²) in [5.41, 5.74) is 0.509. The molecule has 0 bridgehead atoms. The zero-order valence-corrected chi connectivity index (χ0v) is 13.6. The molecule has 24 heavy (non-hydrogen) atoms. The molecule has 0 N–H and O–H groups in total. The Morgan fingerprint density at radius 3 is 2.00 bits per heavy atom. The van der Waals surface area contributed by atoms with Gasteiger partial charge in [0.05, 0.1) is 5.25 Å². The third-order valence-electron chi connectivity index (χ3n) is 3.31. The van der Waals surface area contributed by atoms with E-state index in [4.69, 9.17) is 4.74 Å². The van der Waals surface area contributed by atoms with Gasteiger partial charge in [-0.15, -0.1) is 0 Å². The average molecular weight is 362 g/mol. The predicted octanol–water partition coefficient (Wildman–Crippen LogP) is 4.00. The number of rotatable bonds is 5. The van der Waals surface area contributed by atoms with Gasteiger partial charge in [0, 0.05) is 0 Å². The van der Waals surface area contributed by atoms with E-state index < -0.39 is 49.0 Å². The molecule has 2 rings (SSSR count). The molecule has 0 heterocycles. The molecule has 0 saturated heterocycles. The standard InChI is InChI=1S/C16H14F4O3S/c1-9(2)24(21,22)16-14(20)12(18)11(17)13(19)15(16)23-8-10-6-4-3-5-7-10/h3-7,9H,8H2,1-2H3. The van der Waals surface area contributed by atoms with Crippen LogP contribution < -0.4 is 4.74 Å². The highest BCUT2D eigenvalue weighted by Gasteiger charge is 2.35. The molecule has 0 radical (unpaired) electrons. The van der Waals surface area contributed by atoms with Gasteiger partial charge in [-0.25, -0.2) is 21.6 Å². The Hall–Kier alpha value is -2.09. The largest absolute Gasteiger partial charge is 0.484 e.